The third-order valence-corrected chi connectivity index (χ3v) is 4.55. The second kappa shape index (κ2) is 7.05. The van der Waals surface area contributed by atoms with Gasteiger partial charge in [-0.1, -0.05) is 43.7 Å². The highest BCUT2D eigenvalue weighted by Crippen LogP contribution is 2.36. The topological polar surface area (TPSA) is 41.5 Å². The van der Waals surface area contributed by atoms with Gasteiger partial charge in [-0.25, -0.2) is 0 Å². The lowest BCUT2D eigenvalue weighted by atomic mass is 10.1. The van der Waals surface area contributed by atoms with Gasteiger partial charge >= 0.3 is 0 Å². The summed E-state index contributed by atoms with van der Waals surface area (Å²) in [7, 11) is 0. The Balaban J connectivity index is 1.81. The minimum atomic E-state index is -0.00911. The van der Waals surface area contributed by atoms with Crippen molar-refractivity contribution in [3.05, 3.63) is 59.2 Å². The number of ether oxygens (including phenoxy) is 1. The highest BCUT2D eigenvalue weighted by atomic mass is 16.5. The lowest BCUT2D eigenvalue weighted by Gasteiger charge is -2.23. The van der Waals surface area contributed by atoms with E-state index >= 15 is 0 Å². The smallest absolute Gasteiger partial charge is 0.140 e. The van der Waals surface area contributed by atoms with Crippen LogP contribution in [-0.2, 0) is 6.42 Å². The number of phenols is 1. The molecule has 0 fully saturated rings. The van der Waals surface area contributed by atoms with Gasteiger partial charge < -0.3 is 15.2 Å². The van der Waals surface area contributed by atoms with Crippen molar-refractivity contribution in [3.8, 4) is 11.5 Å². The molecule has 122 valence electrons. The maximum Gasteiger partial charge on any atom is 0.140 e. The van der Waals surface area contributed by atoms with Gasteiger partial charge in [0.25, 0.3) is 0 Å². The molecule has 0 heterocycles. The van der Waals surface area contributed by atoms with Gasteiger partial charge in [0.2, 0.25) is 0 Å². The average Bonchev–Trinajstić information content (AvgIpc) is 2.89. The number of fused-ring (bicyclic) bond motifs is 1. The van der Waals surface area contributed by atoms with Gasteiger partial charge in [0, 0.05) is 6.07 Å². The molecule has 23 heavy (non-hydrogen) atoms. The number of aryl methyl sites for hydroxylation is 1. The monoisotopic (exact) mass is 311 g/mol. The lowest BCUT2D eigenvalue weighted by molar-refractivity contribution is 0.167. The molecule has 1 unspecified atom stereocenters. The van der Waals surface area contributed by atoms with E-state index in [9.17, 15) is 5.11 Å². The number of unbranched alkanes of at least 4 members (excludes halogenated alkanes) is 1. The van der Waals surface area contributed by atoms with Crippen molar-refractivity contribution in [1.29, 1.82) is 0 Å². The van der Waals surface area contributed by atoms with E-state index in [0.29, 0.717) is 0 Å². The van der Waals surface area contributed by atoms with Crippen molar-refractivity contribution in [3.63, 3.8) is 0 Å². The highest BCUT2D eigenvalue weighted by molar-refractivity contribution is 5.41. The molecule has 3 rings (SSSR count). The summed E-state index contributed by atoms with van der Waals surface area (Å²) in [6.45, 7) is 5.10. The fraction of sp³-hybridized carbons (Fsp3) is 0.400. The normalized spacial score (nSPS) is 19.6. The quantitative estimate of drug-likeness (QED) is 0.788. The Morgan fingerprint density at radius 1 is 1.22 bits per heavy atom. The second-order valence-electron chi connectivity index (χ2n) is 6.30. The average molecular weight is 311 g/mol. The van der Waals surface area contributed by atoms with Crippen LogP contribution in [0, 0.1) is 6.92 Å². The van der Waals surface area contributed by atoms with Crippen molar-refractivity contribution in [2.24, 2.45) is 0 Å². The van der Waals surface area contributed by atoms with Gasteiger partial charge in [-0.15, -0.1) is 0 Å². The fourth-order valence-electron chi connectivity index (χ4n) is 3.16. The first-order valence-electron chi connectivity index (χ1n) is 8.46. The molecule has 2 aromatic carbocycles. The van der Waals surface area contributed by atoms with Gasteiger partial charge in [0.05, 0.1) is 6.04 Å². The minimum absolute atomic E-state index is 0.00911. The molecule has 1 aliphatic rings. The number of hydrogen-bond acceptors (Lipinski definition) is 3. The Kier molecular flexibility index (Phi) is 4.87. The summed E-state index contributed by atoms with van der Waals surface area (Å²) in [6.07, 6.45) is 3.34. The summed E-state index contributed by atoms with van der Waals surface area (Å²) in [5, 5.41) is 13.6. The molecule has 0 bridgehead atoms. The molecule has 0 spiro atoms. The predicted molar refractivity (Wildman–Crippen MR) is 93.1 cm³/mol. The summed E-state index contributed by atoms with van der Waals surface area (Å²) in [5.74, 6) is 1.00. The molecule has 1 aliphatic carbocycles. The largest absolute Gasteiger partial charge is 0.508 e. The molecule has 2 N–H and O–H groups in total. The van der Waals surface area contributed by atoms with Crippen LogP contribution in [0.1, 0.15) is 42.6 Å². The summed E-state index contributed by atoms with van der Waals surface area (Å²) >= 11 is 0. The van der Waals surface area contributed by atoms with E-state index in [4.69, 9.17) is 4.74 Å². The Hall–Kier alpha value is -2.00. The molecule has 2 aromatic rings. The Labute approximate surface area is 138 Å². The van der Waals surface area contributed by atoms with Gasteiger partial charge in [0.15, 0.2) is 0 Å². The van der Waals surface area contributed by atoms with Gasteiger partial charge in [-0.2, -0.15) is 0 Å². The first-order valence-corrected chi connectivity index (χ1v) is 8.46. The van der Waals surface area contributed by atoms with Crippen LogP contribution in [0.3, 0.4) is 0 Å². The highest BCUT2D eigenvalue weighted by Gasteiger charge is 2.33. The van der Waals surface area contributed by atoms with E-state index in [0.717, 1.165) is 24.3 Å². The number of benzene rings is 2. The van der Waals surface area contributed by atoms with Crippen LogP contribution < -0.4 is 10.1 Å². The van der Waals surface area contributed by atoms with Crippen LogP contribution in [0.5, 0.6) is 11.5 Å². The second-order valence-corrected chi connectivity index (χ2v) is 6.30. The van der Waals surface area contributed by atoms with Crippen molar-refractivity contribution in [1.82, 2.24) is 5.32 Å². The lowest BCUT2D eigenvalue weighted by Crippen LogP contribution is -2.35. The number of hydrogen-bond donors (Lipinski definition) is 2. The number of rotatable bonds is 6. The number of phenolic OH excluding ortho intramolecular Hbond substituents is 1. The van der Waals surface area contributed by atoms with Crippen molar-refractivity contribution < 1.29 is 9.84 Å². The van der Waals surface area contributed by atoms with E-state index in [1.807, 2.05) is 19.1 Å². The van der Waals surface area contributed by atoms with Crippen LogP contribution >= 0.6 is 0 Å². The predicted octanol–water partition coefficient (Wildman–Crippen LogP) is 4.14. The molecule has 0 aromatic heterocycles. The van der Waals surface area contributed by atoms with E-state index < -0.39 is 0 Å². The molecular formula is C20H25NO2. The Bertz CT molecular complexity index is 668. The van der Waals surface area contributed by atoms with Crippen LogP contribution in [-0.4, -0.2) is 17.7 Å². The molecule has 0 aliphatic heterocycles. The van der Waals surface area contributed by atoms with Gasteiger partial charge in [-0.05, 0) is 49.1 Å². The Morgan fingerprint density at radius 2 is 2.04 bits per heavy atom. The van der Waals surface area contributed by atoms with Crippen molar-refractivity contribution in [2.75, 3.05) is 6.54 Å². The first kappa shape index (κ1) is 15.9. The zero-order valence-corrected chi connectivity index (χ0v) is 13.9. The molecule has 3 nitrogen and oxygen atoms in total. The van der Waals surface area contributed by atoms with Crippen molar-refractivity contribution in [2.45, 2.75) is 45.3 Å². The summed E-state index contributed by atoms with van der Waals surface area (Å²) in [4.78, 5) is 0. The van der Waals surface area contributed by atoms with E-state index in [1.165, 1.54) is 24.0 Å². The van der Waals surface area contributed by atoms with Crippen LogP contribution in [0.15, 0.2) is 42.5 Å². The molecule has 0 saturated carbocycles. The molecule has 0 saturated heterocycles. The molecular weight excluding hydrogens is 286 g/mol. The van der Waals surface area contributed by atoms with Crippen LogP contribution in [0.2, 0.25) is 0 Å². The molecule has 3 heteroatoms. The summed E-state index contributed by atoms with van der Waals surface area (Å²) in [6, 6.07) is 14.3. The zero-order valence-electron chi connectivity index (χ0n) is 13.9. The SMILES string of the molecule is CCCCNC1Cc2ccccc2[C@@H]1Oc1ccc(C)c(O)c1. The van der Waals surface area contributed by atoms with Gasteiger partial charge in [-0.3, -0.25) is 0 Å². The third kappa shape index (κ3) is 3.50. The number of aromatic hydroxyl groups is 1. The zero-order chi connectivity index (χ0) is 16.2. The third-order valence-electron chi connectivity index (χ3n) is 4.55. The van der Waals surface area contributed by atoms with Crippen molar-refractivity contribution >= 4 is 0 Å². The molecule has 2 atom stereocenters. The fourth-order valence-corrected chi connectivity index (χ4v) is 3.16. The summed E-state index contributed by atoms with van der Waals surface area (Å²) in [5.41, 5.74) is 3.46. The van der Waals surface area contributed by atoms with E-state index in [2.05, 4.69) is 36.5 Å². The van der Waals surface area contributed by atoms with Crippen LogP contribution in [0.25, 0.3) is 0 Å². The summed E-state index contributed by atoms with van der Waals surface area (Å²) < 4.78 is 6.26. The standard InChI is InChI=1S/C20H25NO2/c1-3-4-11-21-18-12-15-7-5-6-8-17(15)20(18)23-16-10-9-14(2)19(22)13-16/h5-10,13,18,20-22H,3-4,11-12H2,1-2H3/t18?,20-/m0/s1. The first-order chi connectivity index (χ1) is 11.2. The van der Waals surface area contributed by atoms with Gasteiger partial charge in [0.1, 0.15) is 17.6 Å². The maximum absolute atomic E-state index is 9.91. The maximum atomic E-state index is 9.91. The van der Waals surface area contributed by atoms with E-state index in [1.54, 1.807) is 6.07 Å². The van der Waals surface area contributed by atoms with E-state index in [-0.39, 0.29) is 17.9 Å². The number of nitrogens with one attached hydrogen (secondary N) is 1. The van der Waals surface area contributed by atoms with Crippen LogP contribution in [0.4, 0.5) is 0 Å². The Morgan fingerprint density at radius 3 is 2.83 bits per heavy atom. The molecule has 0 radical (unpaired) electrons. The molecule has 0 amide bonds. The minimum Gasteiger partial charge on any atom is -0.508 e.